The molecule has 0 heterocycles. The van der Waals surface area contributed by atoms with E-state index in [1.165, 1.54) is 13.0 Å². The summed E-state index contributed by atoms with van der Waals surface area (Å²) in [7, 11) is -2.17. The van der Waals surface area contributed by atoms with Gasteiger partial charge in [-0.3, -0.25) is 4.79 Å². The largest absolute Gasteiger partial charge is 0.519 e. The Morgan fingerprint density at radius 3 is 1.65 bits per heavy atom. The molecule has 134 valence electrons. The maximum Gasteiger partial charge on any atom is 0.330 e. The highest BCUT2D eigenvalue weighted by Crippen LogP contribution is 2.33. The molecule has 0 rings (SSSR count). The van der Waals surface area contributed by atoms with Gasteiger partial charge in [-0.1, -0.05) is 47.6 Å². The molecule has 0 bridgehead atoms. The van der Waals surface area contributed by atoms with Gasteiger partial charge in [0, 0.05) is 5.57 Å². The van der Waals surface area contributed by atoms with E-state index in [-0.39, 0.29) is 18.0 Å². The van der Waals surface area contributed by atoms with Gasteiger partial charge in [-0.05, 0) is 42.8 Å². The minimum absolute atomic E-state index is 0.0428. The number of carbonyl (C=O) groups excluding carboxylic acids is 1. The van der Waals surface area contributed by atoms with Crippen molar-refractivity contribution >= 4 is 20.3 Å². The van der Waals surface area contributed by atoms with Crippen molar-refractivity contribution in [2.75, 3.05) is 0 Å². The predicted octanol–water partition coefficient (Wildman–Crippen LogP) is 4.86. The van der Waals surface area contributed by atoms with Crippen LogP contribution in [0, 0.1) is 17.8 Å². The van der Waals surface area contributed by atoms with E-state index in [4.69, 9.17) is 9.53 Å². The molecule has 0 spiro atoms. The molecule has 0 fully saturated rings. The fraction of sp³-hybridized carbons (Fsp3) is 0.778. The second kappa shape index (κ2) is 9.91. The first-order chi connectivity index (χ1) is 10.5. The molecule has 0 radical (unpaired) electrons. The summed E-state index contributed by atoms with van der Waals surface area (Å²) in [5.74, 6) is 0.196. The highest BCUT2D eigenvalue weighted by atomic mass is 28.4. The van der Waals surface area contributed by atoms with E-state index in [1.807, 2.05) is 0 Å². The zero-order valence-electron chi connectivity index (χ0n) is 15.8. The Morgan fingerprint density at radius 2 is 1.35 bits per heavy atom. The van der Waals surface area contributed by atoms with Crippen LogP contribution in [-0.2, 0) is 14.0 Å². The van der Waals surface area contributed by atoms with E-state index in [2.05, 4.69) is 41.5 Å². The smallest absolute Gasteiger partial charge is 0.330 e. The van der Waals surface area contributed by atoms with Gasteiger partial charge in [0.2, 0.25) is 0 Å². The van der Waals surface area contributed by atoms with Crippen LogP contribution in [-0.4, -0.2) is 25.4 Å². The molecule has 0 unspecified atom stereocenters. The number of carbonyl (C=O) groups is 2. The van der Waals surface area contributed by atoms with Crippen LogP contribution in [0.5, 0.6) is 0 Å². The second-order valence-electron chi connectivity index (χ2n) is 7.85. The minimum atomic E-state index is -2.17. The van der Waals surface area contributed by atoms with Gasteiger partial charge >= 0.3 is 5.97 Å². The summed E-state index contributed by atoms with van der Waals surface area (Å²) >= 11 is 0. The van der Waals surface area contributed by atoms with E-state index in [9.17, 15) is 9.59 Å². The molecule has 0 saturated carbocycles. The highest BCUT2D eigenvalue weighted by molar-refractivity contribution is 6.75. The van der Waals surface area contributed by atoms with E-state index >= 15 is 0 Å². The Balaban J connectivity index is 5.20. The number of hydrogen-bond acceptors (Lipinski definition) is 3. The van der Waals surface area contributed by atoms with Crippen LogP contribution in [0.1, 0.15) is 54.9 Å². The molecule has 1 N–H and O–H groups in total. The third kappa shape index (κ3) is 9.59. The van der Waals surface area contributed by atoms with Crippen molar-refractivity contribution in [2.45, 2.75) is 73.0 Å². The average molecular weight is 343 g/mol. The van der Waals surface area contributed by atoms with Gasteiger partial charge in [0.1, 0.15) is 0 Å². The fourth-order valence-electron chi connectivity index (χ4n) is 3.21. The molecule has 0 aromatic rings. The Morgan fingerprint density at radius 1 is 0.957 bits per heavy atom. The summed E-state index contributed by atoms with van der Waals surface area (Å²) in [6.45, 7) is 14.5. The Kier molecular flexibility index (Phi) is 9.43. The summed E-state index contributed by atoms with van der Waals surface area (Å²) in [5, 5.41) is 8.87. The van der Waals surface area contributed by atoms with Gasteiger partial charge in [-0.2, -0.15) is 0 Å². The Bertz CT molecular complexity index is 398. The summed E-state index contributed by atoms with van der Waals surface area (Å²) in [6, 6.07) is 2.91. The summed E-state index contributed by atoms with van der Waals surface area (Å²) in [6.07, 6.45) is 1.49. The summed E-state index contributed by atoms with van der Waals surface area (Å²) < 4.78 is 6.06. The first kappa shape index (κ1) is 21.9. The zero-order valence-corrected chi connectivity index (χ0v) is 16.8. The van der Waals surface area contributed by atoms with Gasteiger partial charge < -0.3 is 9.53 Å². The molecule has 0 aliphatic rings. The van der Waals surface area contributed by atoms with Crippen molar-refractivity contribution in [3.05, 3.63) is 11.6 Å². The van der Waals surface area contributed by atoms with Crippen LogP contribution < -0.4 is 0 Å². The molecule has 0 aliphatic carbocycles. The Hall–Kier alpha value is -1.10. The van der Waals surface area contributed by atoms with E-state index < -0.39 is 14.3 Å². The van der Waals surface area contributed by atoms with Crippen molar-refractivity contribution in [1.29, 1.82) is 0 Å². The van der Waals surface area contributed by atoms with Crippen LogP contribution in [0.15, 0.2) is 11.6 Å². The third-order valence-corrected chi connectivity index (χ3v) is 8.93. The molecule has 0 atom stereocenters. The molecule has 0 aromatic heterocycles. The lowest BCUT2D eigenvalue weighted by Crippen LogP contribution is -2.44. The van der Waals surface area contributed by atoms with E-state index in [0.29, 0.717) is 17.8 Å². The number of aliphatic carboxylic acids is 1. The minimum Gasteiger partial charge on any atom is -0.519 e. The number of carboxylic acid groups (broad SMARTS) is 1. The van der Waals surface area contributed by atoms with Gasteiger partial charge in [0.25, 0.3) is 14.3 Å². The molecule has 0 amide bonds. The Labute approximate surface area is 142 Å². The first-order valence-corrected chi connectivity index (χ1v) is 11.1. The molecule has 5 heteroatoms. The molecule has 0 saturated heterocycles. The number of carboxylic acids is 1. The van der Waals surface area contributed by atoms with Crippen molar-refractivity contribution < 1.29 is 19.1 Å². The molecule has 0 aromatic carbocycles. The fourth-order valence-corrected chi connectivity index (χ4v) is 8.99. The lowest BCUT2D eigenvalue weighted by molar-refractivity contribution is -0.134. The standard InChI is InChI=1S/C18H34O4Si/c1-13(2)10-23(11-14(3)4,12-15(5)6)22-17(19)9-8-16(7)18(20)21/h8,13-15H,9-12H2,1-7H3,(H,20,21). The van der Waals surface area contributed by atoms with Crippen LogP contribution in [0.2, 0.25) is 18.1 Å². The molecular formula is C18H34O4Si. The molecule has 23 heavy (non-hydrogen) atoms. The van der Waals surface area contributed by atoms with Gasteiger partial charge in [-0.25, -0.2) is 4.79 Å². The van der Waals surface area contributed by atoms with Crippen LogP contribution >= 0.6 is 0 Å². The molecule has 0 aliphatic heterocycles. The highest BCUT2D eigenvalue weighted by Gasteiger charge is 2.40. The van der Waals surface area contributed by atoms with Gasteiger partial charge in [0.15, 0.2) is 0 Å². The SMILES string of the molecule is CC(=CCC(=O)O[Si](CC(C)C)(CC(C)C)CC(C)C)C(=O)O. The normalized spacial score (nSPS) is 13.0. The number of rotatable bonds is 10. The molecule has 4 nitrogen and oxygen atoms in total. The van der Waals surface area contributed by atoms with Gasteiger partial charge in [-0.15, -0.1) is 0 Å². The van der Waals surface area contributed by atoms with Gasteiger partial charge in [0.05, 0.1) is 6.42 Å². The van der Waals surface area contributed by atoms with E-state index in [1.54, 1.807) is 0 Å². The average Bonchev–Trinajstić information content (AvgIpc) is 2.32. The third-order valence-electron chi connectivity index (χ3n) is 3.58. The maximum absolute atomic E-state index is 12.3. The number of hydrogen-bond donors (Lipinski definition) is 1. The first-order valence-electron chi connectivity index (χ1n) is 8.59. The maximum atomic E-state index is 12.3. The van der Waals surface area contributed by atoms with Crippen LogP contribution in [0.4, 0.5) is 0 Å². The molecular weight excluding hydrogens is 308 g/mol. The summed E-state index contributed by atoms with van der Waals surface area (Å²) in [5.41, 5.74) is 0.186. The van der Waals surface area contributed by atoms with Crippen molar-refractivity contribution in [3.8, 4) is 0 Å². The monoisotopic (exact) mass is 342 g/mol. The topological polar surface area (TPSA) is 63.6 Å². The van der Waals surface area contributed by atoms with Crippen LogP contribution in [0.3, 0.4) is 0 Å². The second-order valence-corrected chi connectivity index (χ2v) is 11.6. The zero-order chi connectivity index (χ0) is 18.2. The van der Waals surface area contributed by atoms with Crippen molar-refractivity contribution in [2.24, 2.45) is 17.8 Å². The van der Waals surface area contributed by atoms with E-state index in [0.717, 1.165) is 18.1 Å². The van der Waals surface area contributed by atoms with Crippen molar-refractivity contribution in [1.82, 2.24) is 0 Å². The predicted molar refractivity (Wildman–Crippen MR) is 96.8 cm³/mol. The quantitative estimate of drug-likeness (QED) is 0.455. The lowest BCUT2D eigenvalue weighted by atomic mass is 10.2. The van der Waals surface area contributed by atoms with Crippen LogP contribution in [0.25, 0.3) is 0 Å². The van der Waals surface area contributed by atoms with Crippen molar-refractivity contribution in [3.63, 3.8) is 0 Å². The lowest BCUT2D eigenvalue weighted by Gasteiger charge is -2.35. The summed E-state index contributed by atoms with van der Waals surface area (Å²) in [4.78, 5) is 23.1.